The summed E-state index contributed by atoms with van der Waals surface area (Å²) in [5.74, 6) is 0.562. The zero-order valence-corrected chi connectivity index (χ0v) is 17.8. The molecule has 0 unspecified atom stereocenters. The van der Waals surface area contributed by atoms with Crippen molar-refractivity contribution in [2.45, 2.75) is 58.0 Å². The number of nitrogens with zero attached hydrogens (tertiary/aromatic N) is 1. The van der Waals surface area contributed by atoms with Crippen LogP contribution in [0.15, 0.2) is 30.3 Å². The maximum atomic E-state index is 12.8. The van der Waals surface area contributed by atoms with Crippen molar-refractivity contribution in [3.05, 3.63) is 35.9 Å². The normalized spacial score (nSPS) is 20.7. The Morgan fingerprint density at radius 1 is 1.26 bits per heavy atom. The van der Waals surface area contributed by atoms with Gasteiger partial charge in [0.2, 0.25) is 11.8 Å². The van der Waals surface area contributed by atoms with Crippen molar-refractivity contribution in [2.24, 2.45) is 0 Å². The largest absolute Gasteiger partial charge is 0.352 e. The Morgan fingerprint density at radius 2 is 1.93 bits per heavy atom. The van der Waals surface area contributed by atoms with E-state index < -0.39 is 6.04 Å². The highest BCUT2D eigenvalue weighted by molar-refractivity contribution is 7.99. The van der Waals surface area contributed by atoms with Crippen LogP contribution in [-0.4, -0.2) is 54.2 Å². The summed E-state index contributed by atoms with van der Waals surface area (Å²) in [6.45, 7) is 11.5. The van der Waals surface area contributed by atoms with Crippen molar-refractivity contribution in [3.63, 3.8) is 0 Å². The highest BCUT2D eigenvalue weighted by atomic mass is 32.2. The molecule has 6 heteroatoms. The molecule has 1 aromatic carbocycles. The van der Waals surface area contributed by atoms with E-state index in [1.165, 1.54) is 0 Å². The lowest BCUT2D eigenvalue weighted by molar-refractivity contribution is -0.896. The number of hydrogen-bond acceptors (Lipinski definition) is 3. The first kappa shape index (κ1) is 21.8. The van der Waals surface area contributed by atoms with Crippen LogP contribution in [0.4, 0.5) is 0 Å². The van der Waals surface area contributed by atoms with Gasteiger partial charge < -0.3 is 15.1 Å². The Kier molecular flexibility index (Phi) is 8.64. The van der Waals surface area contributed by atoms with Gasteiger partial charge in [-0.1, -0.05) is 30.3 Å². The Bertz CT molecular complexity index is 607. The molecule has 5 nitrogen and oxygen atoms in total. The molecule has 1 fully saturated rings. The van der Waals surface area contributed by atoms with Crippen molar-refractivity contribution < 1.29 is 14.5 Å². The Hall–Kier alpha value is -1.53. The summed E-state index contributed by atoms with van der Waals surface area (Å²) in [5, 5.41) is 3.05. The fraction of sp³-hybridized carbons (Fsp3) is 0.619. The van der Waals surface area contributed by atoms with Crippen LogP contribution < -0.4 is 10.2 Å². The fourth-order valence-corrected chi connectivity index (χ4v) is 5.12. The van der Waals surface area contributed by atoms with Crippen LogP contribution in [0, 0.1) is 0 Å². The van der Waals surface area contributed by atoms with Crippen LogP contribution in [0.25, 0.3) is 0 Å². The summed E-state index contributed by atoms with van der Waals surface area (Å²) in [6.07, 6.45) is 2.07. The van der Waals surface area contributed by atoms with Crippen LogP contribution >= 0.6 is 11.8 Å². The van der Waals surface area contributed by atoms with E-state index >= 15 is 0 Å². The van der Waals surface area contributed by atoms with E-state index in [0.717, 1.165) is 38.0 Å². The van der Waals surface area contributed by atoms with Crippen LogP contribution in [0.3, 0.4) is 0 Å². The lowest BCUT2D eigenvalue weighted by Gasteiger charge is -2.28. The van der Waals surface area contributed by atoms with Gasteiger partial charge in [0, 0.05) is 18.7 Å². The minimum Gasteiger partial charge on any atom is -0.352 e. The van der Waals surface area contributed by atoms with Gasteiger partial charge >= 0.3 is 0 Å². The first-order valence-corrected chi connectivity index (χ1v) is 11.1. The van der Waals surface area contributed by atoms with E-state index in [1.54, 1.807) is 28.5 Å². The van der Waals surface area contributed by atoms with Gasteiger partial charge in [0.05, 0.1) is 19.6 Å². The van der Waals surface area contributed by atoms with Crippen molar-refractivity contribution >= 4 is 23.6 Å². The SMILES string of the molecule is CC[NH+](CC)CCC[C@@H](C)NC(=O)[C@@H]1CS[C@H](c2ccccc2)N1C(C)=O. The van der Waals surface area contributed by atoms with E-state index in [-0.39, 0.29) is 23.2 Å². The molecule has 1 aliphatic heterocycles. The maximum Gasteiger partial charge on any atom is 0.243 e. The van der Waals surface area contributed by atoms with Gasteiger partial charge in [0.25, 0.3) is 0 Å². The second-order valence-corrected chi connectivity index (χ2v) is 8.41. The molecular weight excluding hydrogens is 358 g/mol. The average molecular weight is 393 g/mol. The zero-order chi connectivity index (χ0) is 19.8. The monoisotopic (exact) mass is 392 g/mol. The number of carbonyl (C=O) groups is 2. The van der Waals surface area contributed by atoms with E-state index in [0.29, 0.717) is 5.75 Å². The van der Waals surface area contributed by atoms with Crippen LogP contribution in [-0.2, 0) is 9.59 Å². The first-order chi connectivity index (χ1) is 13.0. The molecule has 1 heterocycles. The Morgan fingerprint density at radius 3 is 2.52 bits per heavy atom. The number of benzene rings is 1. The van der Waals surface area contributed by atoms with Crippen LogP contribution in [0.5, 0.6) is 0 Å². The molecule has 0 aromatic heterocycles. The topological polar surface area (TPSA) is 53.9 Å². The maximum absolute atomic E-state index is 12.8. The predicted octanol–water partition coefficient (Wildman–Crippen LogP) is 1.86. The van der Waals surface area contributed by atoms with E-state index in [1.807, 2.05) is 30.3 Å². The van der Waals surface area contributed by atoms with E-state index in [4.69, 9.17) is 0 Å². The minimum absolute atomic E-state index is 0.0289. The van der Waals surface area contributed by atoms with Gasteiger partial charge in [-0.2, -0.15) is 0 Å². The number of rotatable bonds is 9. The number of carbonyl (C=O) groups excluding carboxylic acids is 2. The minimum atomic E-state index is -0.395. The second kappa shape index (κ2) is 10.7. The lowest BCUT2D eigenvalue weighted by atomic mass is 10.1. The summed E-state index contributed by atoms with van der Waals surface area (Å²) in [6, 6.07) is 9.68. The van der Waals surface area contributed by atoms with Gasteiger partial charge in [-0.25, -0.2) is 0 Å². The molecule has 0 aliphatic carbocycles. The predicted molar refractivity (Wildman–Crippen MR) is 112 cm³/mol. The Balaban J connectivity index is 1.92. The highest BCUT2D eigenvalue weighted by Crippen LogP contribution is 2.41. The molecule has 0 saturated carbocycles. The molecule has 0 bridgehead atoms. The first-order valence-electron chi connectivity index (χ1n) is 10.1. The van der Waals surface area contributed by atoms with E-state index in [2.05, 4.69) is 26.1 Å². The number of hydrogen-bond donors (Lipinski definition) is 2. The molecule has 2 amide bonds. The van der Waals surface area contributed by atoms with E-state index in [9.17, 15) is 9.59 Å². The third-order valence-electron chi connectivity index (χ3n) is 5.31. The fourth-order valence-electron chi connectivity index (χ4n) is 3.64. The third kappa shape index (κ3) is 5.98. The molecule has 0 spiro atoms. The van der Waals surface area contributed by atoms with Gasteiger partial charge in [0.15, 0.2) is 0 Å². The van der Waals surface area contributed by atoms with Gasteiger partial charge in [-0.3, -0.25) is 9.59 Å². The summed E-state index contributed by atoms with van der Waals surface area (Å²) in [4.78, 5) is 28.4. The summed E-state index contributed by atoms with van der Waals surface area (Å²) < 4.78 is 0. The quantitative estimate of drug-likeness (QED) is 0.674. The summed E-state index contributed by atoms with van der Waals surface area (Å²) in [5.41, 5.74) is 1.07. The number of nitrogens with one attached hydrogen (secondary N) is 2. The second-order valence-electron chi connectivity index (χ2n) is 7.30. The number of amides is 2. The molecule has 1 saturated heterocycles. The summed E-state index contributed by atoms with van der Waals surface area (Å²) >= 11 is 1.66. The van der Waals surface area contributed by atoms with Crippen molar-refractivity contribution in [1.82, 2.24) is 10.2 Å². The number of thioether (sulfide) groups is 1. The molecule has 0 radical (unpaired) electrons. The van der Waals surface area contributed by atoms with Crippen molar-refractivity contribution in [2.75, 3.05) is 25.4 Å². The zero-order valence-electron chi connectivity index (χ0n) is 17.0. The molecule has 2 rings (SSSR count). The van der Waals surface area contributed by atoms with Crippen LogP contribution in [0.2, 0.25) is 0 Å². The molecule has 1 aliphatic rings. The molecule has 1 aromatic rings. The van der Waals surface area contributed by atoms with Crippen molar-refractivity contribution in [3.8, 4) is 0 Å². The molecule has 2 N–H and O–H groups in total. The third-order valence-corrected chi connectivity index (χ3v) is 6.63. The Labute approximate surface area is 167 Å². The number of quaternary nitrogens is 1. The van der Waals surface area contributed by atoms with Gasteiger partial charge in [-0.05, 0) is 39.2 Å². The lowest BCUT2D eigenvalue weighted by Crippen LogP contribution is -3.11. The standard InChI is InChI=1S/C21H33N3O2S/c1-5-23(6-2)14-10-11-16(3)22-20(26)19-15-27-21(24(19)17(4)25)18-12-8-7-9-13-18/h7-9,12-13,16,19,21H,5-6,10-11,14-15H2,1-4H3,(H,22,26)/p+1/t16-,19+,21-/m1/s1. The van der Waals surface area contributed by atoms with Crippen molar-refractivity contribution in [1.29, 1.82) is 0 Å². The average Bonchev–Trinajstić information content (AvgIpc) is 3.11. The molecule has 150 valence electrons. The van der Waals surface area contributed by atoms with Crippen LogP contribution in [0.1, 0.15) is 51.5 Å². The van der Waals surface area contributed by atoms with Gasteiger partial charge in [-0.15, -0.1) is 11.8 Å². The van der Waals surface area contributed by atoms with Gasteiger partial charge in [0.1, 0.15) is 11.4 Å². The smallest absolute Gasteiger partial charge is 0.243 e. The highest BCUT2D eigenvalue weighted by Gasteiger charge is 2.41. The summed E-state index contributed by atoms with van der Waals surface area (Å²) in [7, 11) is 0. The molecular formula is C21H34N3O2S+. The molecule has 3 atom stereocenters. The molecule has 27 heavy (non-hydrogen) atoms.